The van der Waals surface area contributed by atoms with Crippen LogP contribution in [0.4, 0.5) is 5.69 Å². The quantitative estimate of drug-likeness (QED) is 0.189. The van der Waals surface area contributed by atoms with Crippen molar-refractivity contribution in [3.05, 3.63) is 65.2 Å². The molecule has 36 heavy (non-hydrogen) atoms. The first-order valence-electron chi connectivity index (χ1n) is 13.5. The van der Waals surface area contributed by atoms with Gasteiger partial charge in [-0.3, -0.25) is 4.79 Å². The smallest absolute Gasteiger partial charge is 0.259 e. The number of rotatable bonds is 16. The number of carbonyl (C=O) groups excluding carboxylic acids is 1. The number of para-hydroxylation sites is 2. The summed E-state index contributed by atoms with van der Waals surface area (Å²) in [5.41, 5.74) is 0.708. The maximum absolute atomic E-state index is 13.0. The van der Waals surface area contributed by atoms with Crippen molar-refractivity contribution in [2.75, 3.05) is 11.9 Å². The summed E-state index contributed by atoms with van der Waals surface area (Å²) in [5, 5.41) is 15.2. The molecule has 0 atom stereocenters. The van der Waals surface area contributed by atoms with E-state index in [4.69, 9.17) is 16.3 Å². The SMILES string of the molecule is CCCCCCCCCCCCCCOc1ccccc1NC(=O)c1cc(Cl)c2ccccc2c1O. The summed E-state index contributed by atoms with van der Waals surface area (Å²) in [6, 6.07) is 16.1. The second-order valence-corrected chi connectivity index (χ2v) is 9.90. The monoisotopic (exact) mass is 509 g/mol. The van der Waals surface area contributed by atoms with Crippen LogP contribution < -0.4 is 10.1 Å². The minimum atomic E-state index is -0.429. The third-order valence-corrected chi connectivity index (χ3v) is 6.91. The van der Waals surface area contributed by atoms with Crippen molar-refractivity contribution in [2.45, 2.75) is 84.0 Å². The number of hydrogen-bond acceptors (Lipinski definition) is 3. The highest BCUT2D eigenvalue weighted by Gasteiger charge is 2.18. The van der Waals surface area contributed by atoms with Gasteiger partial charge in [-0.25, -0.2) is 0 Å². The summed E-state index contributed by atoms with van der Waals surface area (Å²) in [7, 11) is 0. The molecule has 0 spiro atoms. The molecular weight excluding hydrogens is 470 g/mol. The van der Waals surface area contributed by atoms with E-state index in [2.05, 4.69) is 12.2 Å². The fraction of sp³-hybridized carbons (Fsp3) is 0.452. The molecule has 0 saturated heterocycles. The van der Waals surface area contributed by atoms with Gasteiger partial charge in [0.15, 0.2) is 0 Å². The molecule has 3 rings (SSSR count). The number of benzene rings is 3. The van der Waals surface area contributed by atoms with Crippen molar-refractivity contribution in [3.63, 3.8) is 0 Å². The maximum atomic E-state index is 13.0. The fourth-order valence-electron chi connectivity index (χ4n) is 4.50. The Labute approximate surface area is 221 Å². The number of carbonyl (C=O) groups is 1. The number of hydrogen-bond donors (Lipinski definition) is 2. The van der Waals surface area contributed by atoms with E-state index >= 15 is 0 Å². The van der Waals surface area contributed by atoms with Gasteiger partial charge in [0.2, 0.25) is 0 Å². The number of anilines is 1. The minimum absolute atomic E-state index is 0.0811. The number of fused-ring (bicyclic) bond motifs is 1. The standard InChI is InChI=1S/C31H40ClNO3/c1-2-3-4-5-6-7-8-9-10-11-12-17-22-36-29-21-16-15-20-28(29)33-31(35)26-23-27(32)24-18-13-14-19-25(24)30(26)34/h13-16,18-21,23,34H,2-12,17,22H2,1H3,(H,33,35). The number of aromatic hydroxyl groups is 1. The Morgan fingerprint density at radius 2 is 1.36 bits per heavy atom. The van der Waals surface area contributed by atoms with E-state index in [-0.39, 0.29) is 11.3 Å². The van der Waals surface area contributed by atoms with E-state index in [9.17, 15) is 9.90 Å². The Balaban J connectivity index is 1.41. The summed E-state index contributed by atoms with van der Waals surface area (Å²) in [4.78, 5) is 13.0. The van der Waals surface area contributed by atoms with Crippen LogP contribution in [0.5, 0.6) is 11.5 Å². The van der Waals surface area contributed by atoms with Gasteiger partial charge in [-0.05, 0) is 24.6 Å². The Kier molecular flexibility index (Phi) is 11.9. The Morgan fingerprint density at radius 3 is 2.03 bits per heavy atom. The lowest BCUT2D eigenvalue weighted by atomic mass is 10.0. The van der Waals surface area contributed by atoms with Gasteiger partial charge < -0.3 is 15.2 Å². The summed E-state index contributed by atoms with van der Waals surface area (Å²) >= 11 is 6.37. The van der Waals surface area contributed by atoms with Crippen LogP contribution in [0, 0.1) is 0 Å². The zero-order valence-corrected chi connectivity index (χ0v) is 22.3. The molecular formula is C31H40ClNO3. The molecule has 0 saturated carbocycles. The van der Waals surface area contributed by atoms with Crippen LogP contribution in [-0.2, 0) is 0 Å². The van der Waals surface area contributed by atoms with Crippen molar-refractivity contribution in [3.8, 4) is 11.5 Å². The number of phenolic OH excluding ortho intramolecular Hbond substituents is 1. The van der Waals surface area contributed by atoms with Crippen LogP contribution in [0.25, 0.3) is 10.8 Å². The molecule has 0 aliphatic carbocycles. The third kappa shape index (κ3) is 8.44. The number of amides is 1. The van der Waals surface area contributed by atoms with Crippen molar-refractivity contribution >= 4 is 34.0 Å². The zero-order chi connectivity index (χ0) is 25.6. The lowest BCUT2D eigenvalue weighted by molar-refractivity contribution is 0.102. The van der Waals surface area contributed by atoms with E-state index in [1.165, 1.54) is 70.3 Å². The van der Waals surface area contributed by atoms with Gasteiger partial charge in [-0.2, -0.15) is 0 Å². The molecule has 1 amide bonds. The Morgan fingerprint density at radius 1 is 0.806 bits per heavy atom. The van der Waals surface area contributed by atoms with Gasteiger partial charge in [0.05, 0.1) is 17.9 Å². The summed E-state index contributed by atoms with van der Waals surface area (Å²) in [6.07, 6.45) is 15.6. The molecule has 0 fully saturated rings. The molecule has 0 aliphatic heterocycles. The largest absolute Gasteiger partial charge is 0.506 e. The number of nitrogens with one attached hydrogen (secondary N) is 1. The zero-order valence-electron chi connectivity index (χ0n) is 21.5. The molecule has 0 bridgehead atoms. The molecule has 0 radical (unpaired) electrons. The predicted octanol–water partition coefficient (Wildman–Crippen LogP) is 9.53. The van der Waals surface area contributed by atoms with Gasteiger partial charge >= 0.3 is 0 Å². The molecule has 0 unspecified atom stereocenters. The van der Waals surface area contributed by atoms with Gasteiger partial charge in [0.25, 0.3) is 5.91 Å². The molecule has 5 heteroatoms. The molecule has 3 aromatic carbocycles. The van der Waals surface area contributed by atoms with Crippen molar-refractivity contribution in [1.29, 1.82) is 0 Å². The van der Waals surface area contributed by atoms with E-state index < -0.39 is 5.91 Å². The lowest BCUT2D eigenvalue weighted by Crippen LogP contribution is -2.13. The fourth-order valence-corrected chi connectivity index (χ4v) is 4.77. The molecule has 4 nitrogen and oxygen atoms in total. The van der Waals surface area contributed by atoms with Crippen molar-refractivity contribution in [2.24, 2.45) is 0 Å². The first-order chi connectivity index (χ1) is 17.6. The normalized spacial score (nSPS) is 11.1. The first-order valence-corrected chi connectivity index (χ1v) is 13.9. The van der Waals surface area contributed by atoms with Gasteiger partial charge in [-0.1, -0.05) is 126 Å². The number of ether oxygens (including phenoxy) is 1. The third-order valence-electron chi connectivity index (χ3n) is 6.60. The number of unbranched alkanes of at least 4 members (excludes halogenated alkanes) is 11. The Hall–Kier alpha value is -2.72. The molecule has 3 aromatic rings. The second-order valence-electron chi connectivity index (χ2n) is 9.49. The van der Waals surface area contributed by atoms with Gasteiger partial charge in [0, 0.05) is 15.8 Å². The number of halogens is 1. The maximum Gasteiger partial charge on any atom is 0.259 e. The van der Waals surface area contributed by atoms with Crippen molar-refractivity contribution in [1.82, 2.24) is 0 Å². The summed E-state index contributed by atoms with van der Waals surface area (Å²) < 4.78 is 5.99. The molecule has 194 valence electrons. The highest BCUT2D eigenvalue weighted by atomic mass is 35.5. The topological polar surface area (TPSA) is 58.6 Å². The van der Waals surface area contributed by atoms with E-state index in [1.807, 2.05) is 30.3 Å². The van der Waals surface area contributed by atoms with Crippen LogP contribution in [0.2, 0.25) is 5.02 Å². The average Bonchev–Trinajstić information content (AvgIpc) is 2.89. The van der Waals surface area contributed by atoms with Crippen LogP contribution in [-0.4, -0.2) is 17.6 Å². The van der Waals surface area contributed by atoms with Gasteiger partial charge in [-0.15, -0.1) is 0 Å². The van der Waals surface area contributed by atoms with Gasteiger partial charge in [0.1, 0.15) is 11.5 Å². The summed E-state index contributed by atoms with van der Waals surface area (Å²) in [5.74, 6) is 0.115. The molecule has 2 N–H and O–H groups in total. The second kappa shape index (κ2) is 15.4. The van der Waals surface area contributed by atoms with Crippen LogP contribution in [0.1, 0.15) is 94.3 Å². The van der Waals surface area contributed by atoms with Crippen LogP contribution in [0.3, 0.4) is 0 Å². The molecule has 0 aromatic heterocycles. The summed E-state index contributed by atoms with van der Waals surface area (Å²) in [6.45, 7) is 2.87. The first kappa shape index (κ1) is 27.9. The molecule has 0 heterocycles. The Bertz CT molecular complexity index is 1100. The minimum Gasteiger partial charge on any atom is -0.506 e. The van der Waals surface area contributed by atoms with E-state index in [1.54, 1.807) is 18.2 Å². The average molecular weight is 510 g/mol. The highest BCUT2D eigenvalue weighted by Crippen LogP contribution is 2.35. The number of phenols is 1. The van der Waals surface area contributed by atoms with E-state index in [0.29, 0.717) is 33.8 Å². The molecule has 0 aliphatic rings. The predicted molar refractivity (Wildman–Crippen MR) is 152 cm³/mol. The lowest BCUT2D eigenvalue weighted by Gasteiger charge is -2.14. The van der Waals surface area contributed by atoms with Crippen molar-refractivity contribution < 1.29 is 14.6 Å². The van der Waals surface area contributed by atoms with Crippen LogP contribution >= 0.6 is 11.6 Å². The van der Waals surface area contributed by atoms with E-state index in [0.717, 1.165) is 12.8 Å². The highest BCUT2D eigenvalue weighted by molar-refractivity contribution is 6.36. The van der Waals surface area contributed by atoms with Crippen LogP contribution in [0.15, 0.2) is 54.6 Å².